The summed E-state index contributed by atoms with van der Waals surface area (Å²) in [4.78, 5) is 21.1. The lowest BCUT2D eigenvalue weighted by molar-refractivity contribution is -0.121. The number of hydrogen-bond acceptors (Lipinski definition) is 4. The van der Waals surface area contributed by atoms with Gasteiger partial charge in [-0.1, -0.05) is 49.0 Å². The van der Waals surface area contributed by atoms with Crippen LogP contribution in [0.3, 0.4) is 0 Å². The first-order valence-electron chi connectivity index (χ1n) is 8.21. The predicted octanol–water partition coefficient (Wildman–Crippen LogP) is 3.67. The van der Waals surface area contributed by atoms with Crippen LogP contribution < -0.4 is 5.32 Å². The van der Waals surface area contributed by atoms with Crippen LogP contribution in [0.25, 0.3) is 0 Å². The van der Waals surface area contributed by atoms with Crippen LogP contribution in [-0.4, -0.2) is 28.7 Å². The van der Waals surface area contributed by atoms with Gasteiger partial charge >= 0.3 is 0 Å². The third kappa shape index (κ3) is 5.06. The molecular weight excluding hydrogens is 318 g/mol. The van der Waals surface area contributed by atoms with Crippen molar-refractivity contribution in [1.29, 1.82) is 0 Å². The molecule has 4 nitrogen and oxygen atoms in total. The van der Waals surface area contributed by atoms with Crippen molar-refractivity contribution in [3.8, 4) is 0 Å². The van der Waals surface area contributed by atoms with Gasteiger partial charge in [-0.05, 0) is 43.6 Å². The minimum absolute atomic E-state index is 0.0746. The van der Waals surface area contributed by atoms with Crippen molar-refractivity contribution in [2.45, 2.75) is 44.7 Å². The van der Waals surface area contributed by atoms with E-state index in [9.17, 15) is 4.79 Å². The van der Waals surface area contributed by atoms with Gasteiger partial charge in [0.05, 0.1) is 0 Å². The van der Waals surface area contributed by atoms with E-state index in [-0.39, 0.29) is 5.91 Å². The van der Waals surface area contributed by atoms with Crippen LogP contribution in [0.4, 0.5) is 0 Å². The molecule has 0 radical (unpaired) electrons. The fraction of sp³-hybridized carbons (Fsp3) is 0.421. The maximum absolute atomic E-state index is 12.1. The Morgan fingerprint density at radius 1 is 1.17 bits per heavy atom. The highest BCUT2D eigenvalue weighted by Crippen LogP contribution is 2.17. The van der Waals surface area contributed by atoms with Crippen LogP contribution in [0, 0.1) is 13.8 Å². The number of carbonyl (C=O) groups excluding carboxylic acids is 1. The van der Waals surface area contributed by atoms with Crippen LogP contribution in [0.2, 0.25) is 0 Å². The molecule has 0 saturated carbocycles. The Labute approximate surface area is 148 Å². The number of thioether (sulfide) groups is 1. The summed E-state index contributed by atoms with van der Waals surface area (Å²) in [7, 11) is 0. The Kier molecular flexibility index (Phi) is 6.79. The number of amides is 1. The van der Waals surface area contributed by atoms with E-state index in [1.54, 1.807) is 0 Å². The molecule has 24 heavy (non-hydrogen) atoms. The number of nitrogens with one attached hydrogen (secondary N) is 1. The second kappa shape index (κ2) is 8.83. The van der Waals surface area contributed by atoms with Crippen LogP contribution in [0.5, 0.6) is 0 Å². The lowest BCUT2D eigenvalue weighted by Crippen LogP contribution is -2.27. The molecule has 0 unspecified atom stereocenters. The molecule has 128 valence electrons. The van der Waals surface area contributed by atoms with Crippen molar-refractivity contribution in [3.05, 3.63) is 52.8 Å². The van der Waals surface area contributed by atoms with Crippen molar-refractivity contribution in [3.63, 3.8) is 0 Å². The molecule has 5 heteroatoms. The number of benzene rings is 1. The SMILES string of the molecule is CSc1nc(C)c(CCC(=O)NC[C@@H](C)c2ccccc2)c(C)n1. The van der Waals surface area contributed by atoms with Crippen LogP contribution in [0.15, 0.2) is 35.5 Å². The van der Waals surface area contributed by atoms with Crippen LogP contribution in [-0.2, 0) is 11.2 Å². The lowest BCUT2D eigenvalue weighted by Gasteiger charge is -2.14. The molecule has 0 aliphatic heterocycles. The van der Waals surface area contributed by atoms with E-state index in [4.69, 9.17) is 0 Å². The maximum Gasteiger partial charge on any atom is 0.220 e. The summed E-state index contributed by atoms with van der Waals surface area (Å²) >= 11 is 1.54. The van der Waals surface area contributed by atoms with Gasteiger partial charge in [0.2, 0.25) is 5.91 Å². The molecule has 0 fully saturated rings. The molecule has 2 aromatic rings. The Morgan fingerprint density at radius 2 is 1.79 bits per heavy atom. The summed E-state index contributed by atoms with van der Waals surface area (Å²) in [6.45, 7) is 6.75. The largest absolute Gasteiger partial charge is 0.355 e. The van der Waals surface area contributed by atoms with Gasteiger partial charge in [0.15, 0.2) is 5.16 Å². The van der Waals surface area contributed by atoms with Crippen LogP contribution >= 0.6 is 11.8 Å². The number of hydrogen-bond donors (Lipinski definition) is 1. The minimum Gasteiger partial charge on any atom is -0.355 e. The van der Waals surface area contributed by atoms with Gasteiger partial charge in [0.25, 0.3) is 0 Å². The average molecular weight is 343 g/mol. The lowest BCUT2D eigenvalue weighted by atomic mass is 10.0. The number of rotatable bonds is 7. The van der Waals surface area contributed by atoms with Crippen molar-refractivity contribution in [2.75, 3.05) is 12.8 Å². The van der Waals surface area contributed by atoms with Gasteiger partial charge in [0, 0.05) is 24.4 Å². The molecule has 2 rings (SSSR count). The predicted molar refractivity (Wildman–Crippen MR) is 99.5 cm³/mol. The van der Waals surface area contributed by atoms with Gasteiger partial charge in [0.1, 0.15) is 0 Å². The van der Waals surface area contributed by atoms with Gasteiger partial charge in [-0.15, -0.1) is 0 Å². The molecule has 0 bridgehead atoms. The van der Waals surface area contributed by atoms with E-state index < -0.39 is 0 Å². The number of aromatic nitrogens is 2. The fourth-order valence-electron chi connectivity index (χ4n) is 2.66. The zero-order chi connectivity index (χ0) is 17.5. The summed E-state index contributed by atoms with van der Waals surface area (Å²) in [5.41, 5.74) is 4.26. The molecule has 1 aromatic carbocycles. The summed E-state index contributed by atoms with van der Waals surface area (Å²) in [6.07, 6.45) is 3.11. The van der Waals surface area contributed by atoms with Gasteiger partial charge in [-0.2, -0.15) is 0 Å². The standard InChI is InChI=1S/C19H25N3OS/c1-13(16-8-6-5-7-9-16)12-20-18(23)11-10-17-14(2)21-19(24-4)22-15(17)3/h5-9,13H,10-12H2,1-4H3,(H,20,23)/t13-/m1/s1. The molecule has 0 aliphatic carbocycles. The zero-order valence-electron chi connectivity index (χ0n) is 14.8. The van der Waals surface area contributed by atoms with Gasteiger partial charge in [-0.25, -0.2) is 9.97 Å². The van der Waals surface area contributed by atoms with E-state index >= 15 is 0 Å². The third-order valence-corrected chi connectivity index (χ3v) is 4.71. The highest BCUT2D eigenvalue weighted by atomic mass is 32.2. The highest BCUT2D eigenvalue weighted by molar-refractivity contribution is 7.98. The molecule has 1 heterocycles. The first-order valence-corrected chi connectivity index (χ1v) is 9.43. The van der Waals surface area contributed by atoms with Gasteiger partial charge in [-0.3, -0.25) is 4.79 Å². The van der Waals surface area contributed by atoms with E-state index in [2.05, 4.69) is 34.3 Å². The molecule has 1 amide bonds. The first kappa shape index (κ1) is 18.5. The average Bonchev–Trinajstić information content (AvgIpc) is 2.59. The van der Waals surface area contributed by atoms with Crippen molar-refractivity contribution >= 4 is 17.7 Å². The van der Waals surface area contributed by atoms with E-state index in [1.807, 2.05) is 38.3 Å². The summed E-state index contributed by atoms with van der Waals surface area (Å²) in [5.74, 6) is 0.383. The summed E-state index contributed by atoms with van der Waals surface area (Å²) in [6, 6.07) is 10.2. The van der Waals surface area contributed by atoms with E-state index in [0.717, 1.165) is 22.1 Å². The second-order valence-electron chi connectivity index (χ2n) is 5.98. The summed E-state index contributed by atoms with van der Waals surface area (Å²) < 4.78 is 0. The quantitative estimate of drug-likeness (QED) is 0.616. The zero-order valence-corrected chi connectivity index (χ0v) is 15.6. The Bertz CT molecular complexity index is 665. The second-order valence-corrected chi connectivity index (χ2v) is 6.75. The maximum atomic E-state index is 12.1. The van der Waals surface area contributed by atoms with Crippen LogP contribution in [0.1, 0.15) is 41.8 Å². The first-order chi connectivity index (χ1) is 11.5. The molecule has 0 spiro atoms. The normalized spacial score (nSPS) is 12.0. The molecule has 0 aliphatic rings. The molecule has 1 N–H and O–H groups in total. The Balaban J connectivity index is 1.85. The van der Waals surface area contributed by atoms with Crippen molar-refractivity contribution < 1.29 is 4.79 Å². The number of aryl methyl sites for hydroxylation is 2. The minimum atomic E-state index is 0.0746. The Hall–Kier alpha value is -1.88. The molecular formula is C19H25N3OS. The smallest absolute Gasteiger partial charge is 0.220 e. The van der Waals surface area contributed by atoms with E-state index in [0.29, 0.717) is 25.3 Å². The number of nitrogens with zero attached hydrogens (tertiary/aromatic N) is 2. The highest BCUT2D eigenvalue weighted by Gasteiger charge is 2.11. The monoisotopic (exact) mass is 343 g/mol. The fourth-order valence-corrected chi connectivity index (χ4v) is 3.11. The topological polar surface area (TPSA) is 54.9 Å². The van der Waals surface area contributed by atoms with Gasteiger partial charge < -0.3 is 5.32 Å². The molecule has 1 atom stereocenters. The molecule has 0 saturated heterocycles. The third-order valence-electron chi connectivity index (χ3n) is 4.16. The van der Waals surface area contributed by atoms with Crippen molar-refractivity contribution in [2.24, 2.45) is 0 Å². The number of carbonyl (C=O) groups is 1. The van der Waals surface area contributed by atoms with E-state index in [1.165, 1.54) is 17.3 Å². The summed E-state index contributed by atoms with van der Waals surface area (Å²) in [5, 5.41) is 3.82. The van der Waals surface area contributed by atoms with Crippen molar-refractivity contribution in [1.82, 2.24) is 15.3 Å². The Morgan fingerprint density at radius 3 is 2.38 bits per heavy atom. The molecule has 1 aromatic heterocycles.